The van der Waals surface area contributed by atoms with Crippen LogP contribution in [0.3, 0.4) is 0 Å². The summed E-state index contributed by atoms with van der Waals surface area (Å²) in [5.74, 6) is 0.00421. The molecule has 0 spiro atoms. The van der Waals surface area contributed by atoms with Crippen LogP contribution in [0.5, 0.6) is 0 Å². The quantitative estimate of drug-likeness (QED) is 0.639. The minimum Gasteiger partial charge on any atom is -0.395 e. The summed E-state index contributed by atoms with van der Waals surface area (Å²) in [6.45, 7) is 1.19. The van der Waals surface area contributed by atoms with Gasteiger partial charge in [-0.25, -0.2) is 0 Å². The molecule has 1 atom stereocenters. The second-order valence-corrected chi connectivity index (χ2v) is 3.25. The van der Waals surface area contributed by atoms with Gasteiger partial charge in [0.1, 0.15) is 0 Å². The summed E-state index contributed by atoms with van der Waals surface area (Å²) < 4.78 is 5.38. The number of hydrogen-bond acceptors (Lipinski definition) is 3. The van der Waals surface area contributed by atoms with Crippen LogP contribution in [0.15, 0.2) is 0 Å². The first kappa shape index (κ1) is 10.5. The molecule has 2 N–H and O–H groups in total. The van der Waals surface area contributed by atoms with Crippen LogP contribution in [0.4, 0.5) is 0 Å². The minimum atomic E-state index is 0.00421. The summed E-state index contributed by atoms with van der Waals surface area (Å²) in [6.07, 6.45) is 3.78. The maximum absolute atomic E-state index is 11.1. The van der Waals surface area contributed by atoms with Gasteiger partial charge in [-0.2, -0.15) is 0 Å². The Bertz CT molecular complexity index is 155. The second-order valence-electron chi connectivity index (χ2n) is 3.25. The monoisotopic (exact) mass is 187 g/mol. The van der Waals surface area contributed by atoms with Crippen molar-refractivity contribution in [2.24, 2.45) is 0 Å². The summed E-state index contributed by atoms with van der Waals surface area (Å²) in [6, 6.07) is 0. The van der Waals surface area contributed by atoms with Gasteiger partial charge in [-0.1, -0.05) is 0 Å². The topological polar surface area (TPSA) is 58.6 Å². The Morgan fingerprint density at radius 1 is 1.62 bits per heavy atom. The first-order chi connectivity index (χ1) is 6.33. The van der Waals surface area contributed by atoms with Crippen molar-refractivity contribution in [3.8, 4) is 0 Å². The van der Waals surface area contributed by atoms with Crippen molar-refractivity contribution in [1.82, 2.24) is 5.32 Å². The number of aliphatic hydroxyl groups excluding tert-OH is 1. The van der Waals surface area contributed by atoms with Gasteiger partial charge in [-0.15, -0.1) is 0 Å². The average molecular weight is 187 g/mol. The first-order valence-electron chi connectivity index (χ1n) is 4.82. The molecular formula is C9H17NO3. The molecule has 0 radical (unpaired) electrons. The van der Waals surface area contributed by atoms with Crippen molar-refractivity contribution in [3.05, 3.63) is 0 Å². The molecule has 0 saturated carbocycles. The summed E-state index contributed by atoms with van der Waals surface area (Å²) >= 11 is 0. The number of carbonyl (C=O) groups is 1. The van der Waals surface area contributed by atoms with Gasteiger partial charge in [0, 0.05) is 19.6 Å². The van der Waals surface area contributed by atoms with Gasteiger partial charge in [0.2, 0.25) is 5.91 Å². The van der Waals surface area contributed by atoms with Gasteiger partial charge in [-0.3, -0.25) is 4.79 Å². The molecule has 1 saturated heterocycles. The van der Waals surface area contributed by atoms with Crippen molar-refractivity contribution in [2.75, 3.05) is 19.8 Å². The largest absolute Gasteiger partial charge is 0.395 e. The Balaban J connectivity index is 2.00. The molecule has 1 aliphatic rings. The van der Waals surface area contributed by atoms with E-state index in [1.165, 1.54) is 0 Å². The lowest BCUT2D eigenvalue weighted by Gasteiger charge is -2.08. The van der Waals surface area contributed by atoms with Gasteiger partial charge in [0.15, 0.2) is 0 Å². The van der Waals surface area contributed by atoms with Crippen molar-refractivity contribution < 1.29 is 14.6 Å². The molecule has 1 unspecified atom stereocenters. The molecule has 0 aromatic heterocycles. The highest BCUT2D eigenvalue weighted by Crippen LogP contribution is 2.16. The SMILES string of the molecule is O=C(CCC1CCCO1)NCCO. The molecule has 0 aliphatic carbocycles. The number of ether oxygens (including phenoxy) is 1. The van der Waals surface area contributed by atoms with Crippen LogP contribution in [0.25, 0.3) is 0 Å². The van der Waals surface area contributed by atoms with Crippen molar-refractivity contribution in [3.63, 3.8) is 0 Å². The summed E-state index contributed by atoms with van der Waals surface area (Å²) in [5.41, 5.74) is 0. The number of amides is 1. The molecule has 1 fully saturated rings. The zero-order chi connectivity index (χ0) is 9.52. The molecule has 0 bridgehead atoms. The number of aliphatic hydroxyl groups is 1. The predicted molar refractivity (Wildman–Crippen MR) is 48.3 cm³/mol. The zero-order valence-electron chi connectivity index (χ0n) is 7.79. The van der Waals surface area contributed by atoms with E-state index < -0.39 is 0 Å². The van der Waals surface area contributed by atoms with E-state index in [1.54, 1.807) is 0 Å². The maximum atomic E-state index is 11.1. The van der Waals surface area contributed by atoms with E-state index in [0.717, 1.165) is 25.9 Å². The Morgan fingerprint density at radius 3 is 3.08 bits per heavy atom. The van der Waals surface area contributed by atoms with Crippen molar-refractivity contribution in [1.29, 1.82) is 0 Å². The van der Waals surface area contributed by atoms with Crippen LogP contribution in [0, 0.1) is 0 Å². The van der Waals surface area contributed by atoms with E-state index in [1.807, 2.05) is 0 Å². The Labute approximate surface area is 78.3 Å². The van der Waals surface area contributed by atoms with Crippen LogP contribution < -0.4 is 5.32 Å². The third-order valence-electron chi connectivity index (χ3n) is 2.15. The van der Waals surface area contributed by atoms with Gasteiger partial charge < -0.3 is 15.2 Å². The normalized spacial score (nSPS) is 21.8. The average Bonchev–Trinajstić information content (AvgIpc) is 2.64. The smallest absolute Gasteiger partial charge is 0.220 e. The lowest BCUT2D eigenvalue weighted by atomic mass is 10.1. The van der Waals surface area contributed by atoms with Crippen LogP contribution in [-0.4, -0.2) is 36.9 Å². The second kappa shape index (κ2) is 5.94. The Morgan fingerprint density at radius 2 is 2.46 bits per heavy atom. The molecule has 13 heavy (non-hydrogen) atoms. The minimum absolute atomic E-state index is 0.00421. The van der Waals surface area contributed by atoms with E-state index in [2.05, 4.69) is 5.32 Å². The number of carbonyl (C=O) groups excluding carboxylic acids is 1. The van der Waals surface area contributed by atoms with Crippen LogP contribution >= 0.6 is 0 Å². The highest BCUT2D eigenvalue weighted by atomic mass is 16.5. The number of nitrogens with one attached hydrogen (secondary N) is 1. The van der Waals surface area contributed by atoms with Gasteiger partial charge in [-0.05, 0) is 19.3 Å². The van der Waals surface area contributed by atoms with Crippen molar-refractivity contribution in [2.45, 2.75) is 31.8 Å². The third kappa shape index (κ3) is 4.24. The molecule has 0 aromatic carbocycles. The highest BCUT2D eigenvalue weighted by molar-refractivity contribution is 5.75. The molecule has 1 rings (SSSR count). The van der Waals surface area contributed by atoms with Crippen molar-refractivity contribution >= 4 is 5.91 Å². The van der Waals surface area contributed by atoms with Gasteiger partial charge >= 0.3 is 0 Å². The fourth-order valence-electron chi connectivity index (χ4n) is 1.45. The standard InChI is InChI=1S/C9H17NO3/c11-6-5-10-9(12)4-3-8-2-1-7-13-8/h8,11H,1-7H2,(H,10,12). The maximum Gasteiger partial charge on any atom is 0.220 e. The summed E-state index contributed by atoms with van der Waals surface area (Å²) in [5, 5.41) is 11.1. The molecule has 1 aliphatic heterocycles. The van der Waals surface area contributed by atoms with E-state index >= 15 is 0 Å². The highest BCUT2D eigenvalue weighted by Gasteiger charge is 2.16. The number of rotatable bonds is 5. The van der Waals surface area contributed by atoms with Crippen LogP contribution in [-0.2, 0) is 9.53 Å². The number of hydrogen-bond donors (Lipinski definition) is 2. The fraction of sp³-hybridized carbons (Fsp3) is 0.889. The van der Waals surface area contributed by atoms with E-state index in [-0.39, 0.29) is 18.6 Å². The zero-order valence-corrected chi connectivity index (χ0v) is 7.79. The van der Waals surface area contributed by atoms with Crippen LogP contribution in [0.1, 0.15) is 25.7 Å². The molecule has 76 valence electrons. The molecular weight excluding hydrogens is 170 g/mol. The Kier molecular flexibility index (Phi) is 4.78. The van der Waals surface area contributed by atoms with Gasteiger partial charge in [0.25, 0.3) is 0 Å². The first-order valence-corrected chi connectivity index (χ1v) is 4.82. The van der Waals surface area contributed by atoms with E-state index in [0.29, 0.717) is 13.0 Å². The molecule has 0 aromatic rings. The summed E-state index contributed by atoms with van der Waals surface area (Å²) in [4.78, 5) is 11.1. The lowest BCUT2D eigenvalue weighted by Crippen LogP contribution is -2.27. The van der Waals surface area contributed by atoms with E-state index in [4.69, 9.17) is 9.84 Å². The molecule has 4 nitrogen and oxygen atoms in total. The van der Waals surface area contributed by atoms with Gasteiger partial charge in [0.05, 0.1) is 12.7 Å². The predicted octanol–water partition coefficient (Wildman–Crippen LogP) is 0.0541. The third-order valence-corrected chi connectivity index (χ3v) is 2.15. The molecule has 4 heteroatoms. The molecule has 1 amide bonds. The summed E-state index contributed by atoms with van der Waals surface area (Å²) in [7, 11) is 0. The van der Waals surface area contributed by atoms with E-state index in [9.17, 15) is 4.79 Å². The Hall–Kier alpha value is -0.610. The van der Waals surface area contributed by atoms with Crippen LogP contribution in [0.2, 0.25) is 0 Å². The molecule has 1 heterocycles. The fourth-order valence-corrected chi connectivity index (χ4v) is 1.45. The lowest BCUT2D eigenvalue weighted by molar-refractivity contribution is -0.121.